The van der Waals surface area contributed by atoms with Crippen LogP contribution in [0.15, 0.2) is 52.4 Å². The third-order valence-electron chi connectivity index (χ3n) is 4.92. The summed E-state index contributed by atoms with van der Waals surface area (Å²) in [6.45, 7) is 6.88. The van der Waals surface area contributed by atoms with E-state index in [4.69, 9.17) is 0 Å². The number of fused-ring (bicyclic) bond motifs is 1. The number of halogens is 2. The molecule has 0 aliphatic rings. The number of rotatable bonds is 9. The molecule has 0 saturated carbocycles. The first kappa shape index (κ1) is 22.1. The molecule has 0 atom stereocenters. The lowest BCUT2D eigenvalue weighted by molar-refractivity contribution is 0.101. The number of thioether (sulfide) groups is 1. The average molecular weight is 432 g/mol. The summed E-state index contributed by atoms with van der Waals surface area (Å²) in [5, 5.41) is 0.889. The Bertz CT molecular complexity index is 1110. The van der Waals surface area contributed by atoms with Crippen LogP contribution >= 0.6 is 11.8 Å². The molecule has 1 aromatic heterocycles. The van der Waals surface area contributed by atoms with E-state index in [0.717, 1.165) is 43.1 Å². The standard InChI is InChI=1S/C22H23F2N3O2S/c1-3-26(4-2)11-12-27-21(29)16-7-5-6-8-19(16)25-22(27)30-14-20(28)17-13-15(23)9-10-18(17)24/h5-10,13H,3-4,11-12,14H2,1-2H3. The van der Waals surface area contributed by atoms with Crippen molar-refractivity contribution in [2.45, 2.75) is 25.5 Å². The summed E-state index contributed by atoms with van der Waals surface area (Å²) in [5.41, 5.74) is 0.0495. The molecule has 3 rings (SSSR count). The number of carbonyl (C=O) groups is 1. The SMILES string of the molecule is CCN(CC)CCn1c(SCC(=O)c2cc(F)ccc2F)nc2ccccc2c1=O. The van der Waals surface area contributed by atoms with Crippen molar-refractivity contribution in [3.63, 3.8) is 0 Å². The fourth-order valence-electron chi connectivity index (χ4n) is 3.16. The first-order chi connectivity index (χ1) is 14.4. The Morgan fingerprint density at radius 1 is 1.13 bits per heavy atom. The monoisotopic (exact) mass is 431 g/mol. The van der Waals surface area contributed by atoms with Crippen molar-refractivity contribution in [2.75, 3.05) is 25.4 Å². The van der Waals surface area contributed by atoms with Crippen LogP contribution in [0, 0.1) is 11.6 Å². The normalized spacial score (nSPS) is 11.4. The Balaban J connectivity index is 1.91. The molecule has 0 N–H and O–H groups in total. The third kappa shape index (κ3) is 4.94. The van der Waals surface area contributed by atoms with Crippen molar-refractivity contribution in [1.82, 2.24) is 14.5 Å². The first-order valence-electron chi connectivity index (χ1n) is 9.77. The summed E-state index contributed by atoms with van der Waals surface area (Å²) in [7, 11) is 0. The second kappa shape index (κ2) is 9.95. The topological polar surface area (TPSA) is 55.2 Å². The Kier molecular flexibility index (Phi) is 7.33. The van der Waals surface area contributed by atoms with Gasteiger partial charge < -0.3 is 4.90 Å². The third-order valence-corrected chi connectivity index (χ3v) is 5.90. The largest absolute Gasteiger partial charge is 0.302 e. The second-order valence-electron chi connectivity index (χ2n) is 6.73. The molecule has 0 bridgehead atoms. The summed E-state index contributed by atoms with van der Waals surface area (Å²) in [6.07, 6.45) is 0. The van der Waals surface area contributed by atoms with Crippen LogP contribution < -0.4 is 5.56 Å². The molecule has 158 valence electrons. The number of benzene rings is 2. The lowest BCUT2D eigenvalue weighted by Crippen LogP contribution is -2.32. The van der Waals surface area contributed by atoms with Crippen molar-refractivity contribution in [1.29, 1.82) is 0 Å². The molecule has 2 aromatic carbocycles. The van der Waals surface area contributed by atoms with E-state index in [-0.39, 0.29) is 16.9 Å². The van der Waals surface area contributed by atoms with Crippen LogP contribution in [0.5, 0.6) is 0 Å². The van der Waals surface area contributed by atoms with Crippen LogP contribution in [-0.2, 0) is 6.54 Å². The summed E-state index contributed by atoms with van der Waals surface area (Å²) >= 11 is 1.06. The number of hydrogen-bond acceptors (Lipinski definition) is 5. The fourth-order valence-corrected chi connectivity index (χ4v) is 4.06. The molecule has 0 fully saturated rings. The van der Waals surface area contributed by atoms with Crippen LogP contribution in [0.3, 0.4) is 0 Å². The summed E-state index contributed by atoms with van der Waals surface area (Å²) in [4.78, 5) is 32.2. The molecule has 8 heteroatoms. The van der Waals surface area contributed by atoms with Gasteiger partial charge in [-0.2, -0.15) is 0 Å². The van der Waals surface area contributed by atoms with Gasteiger partial charge in [-0.3, -0.25) is 14.2 Å². The van der Waals surface area contributed by atoms with Gasteiger partial charge in [0.05, 0.1) is 22.2 Å². The van der Waals surface area contributed by atoms with Crippen LogP contribution in [0.1, 0.15) is 24.2 Å². The number of para-hydroxylation sites is 1. The van der Waals surface area contributed by atoms with E-state index < -0.39 is 17.4 Å². The summed E-state index contributed by atoms with van der Waals surface area (Å²) in [6, 6.07) is 9.82. The minimum atomic E-state index is -0.771. The minimum Gasteiger partial charge on any atom is -0.302 e. The zero-order chi connectivity index (χ0) is 21.7. The molecule has 3 aromatic rings. The van der Waals surface area contributed by atoms with Gasteiger partial charge in [0.25, 0.3) is 5.56 Å². The lowest BCUT2D eigenvalue weighted by Gasteiger charge is -2.20. The van der Waals surface area contributed by atoms with Gasteiger partial charge in [0.2, 0.25) is 0 Å². The molecule has 5 nitrogen and oxygen atoms in total. The summed E-state index contributed by atoms with van der Waals surface area (Å²) in [5.74, 6) is -2.16. The van der Waals surface area contributed by atoms with E-state index in [1.807, 2.05) is 13.8 Å². The van der Waals surface area contributed by atoms with E-state index in [1.54, 1.807) is 28.8 Å². The van der Waals surface area contributed by atoms with Gasteiger partial charge in [-0.1, -0.05) is 37.7 Å². The predicted octanol–water partition coefficient (Wildman–Crippen LogP) is 3.99. The smallest absolute Gasteiger partial charge is 0.262 e. The fraction of sp³-hybridized carbons (Fsp3) is 0.318. The van der Waals surface area contributed by atoms with Gasteiger partial charge in [0.15, 0.2) is 10.9 Å². The number of aromatic nitrogens is 2. The highest BCUT2D eigenvalue weighted by molar-refractivity contribution is 7.99. The maximum absolute atomic E-state index is 13.9. The maximum atomic E-state index is 13.9. The number of hydrogen-bond donors (Lipinski definition) is 0. The number of nitrogens with zero attached hydrogens (tertiary/aromatic N) is 3. The average Bonchev–Trinajstić information content (AvgIpc) is 2.75. The molecular formula is C22H23F2N3O2S. The molecule has 0 spiro atoms. The molecule has 0 amide bonds. The van der Waals surface area contributed by atoms with Crippen LogP contribution in [-0.4, -0.2) is 45.6 Å². The molecular weight excluding hydrogens is 408 g/mol. The summed E-state index contributed by atoms with van der Waals surface area (Å²) < 4.78 is 28.9. The predicted molar refractivity (Wildman–Crippen MR) is 115 cm³/mol. The molecule has 0 unspecified atom stereocenters. The molecule has 0 aliphatic carbocycles. The Hall–Kier alpha value is -2.58. The van der Waals surface area contributed by atoms with Crippen molar-refractivity contribution in [3.8, 4) is 0 Å². The van der Waals surface area contributed by atoms with E-state index in [0.29, 0.717) is 29.1 Å². The van der Waals surface area contributed by atoms with Gasteiger partial charge in [-0.25, -0.2) is 13.8 Å². The second-order valence-corrected chi connectivity index (χ2v) is 7.67. The van der Waals surface area contributed by atoms with Crippen LogP contribution in [0.2, 0.25) is 0 Å². The zero-order valence-corrected chi connectivity index (χ0v) is 17.7. The molecule has 0 saturated heterocycles. The molecule has 1 heterocycles. The van der Waals surface area contributed by atoms with Gasteiger partial charge in [-0.15, -0.1) is 0 Å². The highest BCUT2D eigenvalue weighted by Crippen LogP contribution is 2.20. The first-order valence-corrected chi connectivity index (χ1v) is 10.8. The van der Waals surface area contributed by atoms with Crippen molar-refractivity contribution in [2.24, 2.45) is 0 Å². The number of ketones is 1. The highest BCUT2D eigenvalue weighted by Gasteiger charge is 2.17. The van der Waals surface area contributed by atoms with E-state index >= 15 is 0 Å². The Morgan fingerprint density at radius 3 is 2.60 bits per heavy atom. The number of Topliss-reactive ketones (excluding diaryl/α,β-unsaturated/α-hetero) is 1. The number of carbonyl (C=O) groups excluding carboxylic acids is 1. The zero-order valence-electron chi connectivity index (χ0n) is 16.9. The Morgan fingerprint density at radius 2 is 1.87 bits per heavy atom. The van der Waals surface area contributed by atoms with Gasteiger partial charge >= 0.3 is 0 Å². The highest BCUT2D eigenvalue weighted by atomic mass is 32.2. The van der Waals surface area contributed by atoms with Gasteiger partial charge in [-0.05, 0) is 43.4 Å². The molecule has 30 heavy (non-hydrogen) atoms. The van der Waals surface area contributed by atoms with E-state index in [1.165, 1.54) is 0 Å². The van der Waals surface area contributed by atoms with Crippen LogP contribution in [0.25, 0.3) is 10.9 Å². The van der Waals surface area contributed by atoms with Crippen molar-refractivity contribution >= 4 is 28.4 Å². The van der Waals surface area contributed by atoms with Crippen molar-refractivity contribution in [3.05, 3.63) is 70.0 Å². The molecule has 0 aliphatic heterocycles. The van der Waals surface area contributed by atoms with Crippen LogP contribution in [0.4, 0.5) is 8.78 Å². The lowest BCUT2D eigenvalue weighted by atomic mass is 10.1. The maximum Gasteiger partial charge on any atom is 0.262 e. The van der Waals surface area contributed by atoms with Crippen molar-refractivity contribution < 1.29 is 13.6 Å². The van der Waals surface area contributed by atoms with Gasteiger partial charge in [0.1, 0.15) is 11.6 Å². The quantitative estimate of drug-likeness (QED) is 0.291. The van der Waals surface area contributed by atoms with Gasteiger partial charge in [0, 0.05) is 13.1 Å². The Labute approximate surface area is 177 Å². The molecule has 0 radical (unpaired) electrons. The van der Waals surface area contributed by atoms with E-state index in [9.17, 15) is 18.4 Å². The van der Waals surface area contributed by atoms with E-state index in [2.05, 4.69) is 9.88 Å². The minimum absolute atomic E-state index is 0.156. The number of likely N-dealkylation sites (N-methyl/N-ethyl adjacent to an activating group) is 1.